The monoisotopic (exact) mass is 494 g/mol. The molecule has 0 aromatic heterocycles. The van der Waals surface area contributed by atoms with E-state index in [1.54, 1.807) is 0 Å². The minimum Gasteiger partial charge on any atom is -0.481 e. The molecule has 2 N–H and O–H groups in total. The number of hydrogen-bond acceptors (Lipinski definition) is 3. The number of quaternary nitrogens is 1. The molecule has 0 saturated heterocycles. The molecule has 0 aliphatic heterocycles. The molecule has 0 aromatic rings. The minimum absolute atomic E-state index is 0.0439. The standard InChI is InChI=1S/C25H45Cl2NO4/c1-5-6-7-8-10-13-16-20(26)21(27)17-14-11-9-12-15-18-22(29)24(25(31)32)23(30)19-28(2,3)4/h10,13,20-21,23-24,30H,5-9,11-12,14-19H2,1-4H3/p+1/b13-10-/t20-,21+,23-,24+/m0/s1. The lowest BCUT2D eigenvalue weighted by molar-refractivity contribution is -0.873. The van der Waals surface area contributed by atoms with Crippen molar-refractivity contribution < 1.29 is 24.3 Å². The van der Waals surface area contributed by atoms with E-state index in [-0.39, 0.29) is 29.5 Å². The summed E-state index contributed by atoms with van der Waals surface area (Å²) in [5.74, 6) is -2.96. The number of ketones is 1. The van der Waals surface area contributed by atoms with Crippen LogP contribution in [0.4, 0.5) is 0 Å². The lowest BCUT2D eigenvalue weighted by atomic mass is 9.93. The number of carbonyl (C=O) groups is 2. The van der Waals surface area contributed by atoms with Gasteiger partial charge in [-0.1, -0.05) is 57.6 Å². The molecule has 0 unspecified atom stereocenters. The van der Waals surface area contributed by atoms with Crippen LogP contribution in [-0.4, -0.2) is 71.0 Å². The molecule has 0 aromatic carbocycles. The van der Waals surface area contributed by atoms with Crippen LogP contribution in [0, 0.1) is 5.92 Å². The summed E-state index contributed by atoms with van der Waals surface area (Å²) >= 11 is 12.8. The third kappa shape index (κ3) is 16.1. The van der Waals surface area contributed by atoms with Gasteiger partial charge in [0.15, 0.2) is 0 Å². The van der Waals surface area contributed by atoms with E-state index in [0.717, 1.165) is 44.9 Å². The second-order valence-electron chi connectivity index (χ2n) is 9.86. The van der Waals surface area contributed by atoms with Crippen LogP contribution in [0.25, 0.3) is 0 Å². The number of rotatable bonds is 20. The van der Waals surface area contributed by atoms with Crippen LogP contribution in [0.5, 0.6) is 0 Å². The highest BCUT2D eigenvalue weighted by molar-refractivity contribution is 6.30. The Kier molecular flexibility index (Phi) is 17.5. The Bertz CT molecular complexity index is 549. The van der Waals surface area contributed by atoms with Crippen molar-refractivity contribution in [1.82, 2.24) is 0 Å². The number of unbranched alkanes of at least 4 members (excludes halogenated alkanes) is 7. The highest BCUT2D eigenvalue weighted by Crippen LogP contribution is 2.21. The van der Waals surface area contributed by atoms with Gasteiger partial charge in [-0.25, -0.2) is 0 Å². The van der Waals surface area contributed by atoms with Gasteiger partial charge in [0.2, 0.25) is 0 Å². The van der Waals surface area contributed by atoms with Crippen LogP contribution < -0.4 is 0 Å². The number of likely N-dealkylation sites (N-methyl/N-ethyl adjacent to an activating group) is 1. The van der Waals surface area contributed by atoms with Gasteiger partial charge in [0, 0.05) is 6.42 Å². The molecule has 0 heterocycles. The minimum atomic E-state index is -1.34. The van der Waals surface area contributed by atoms with Gasteiger partial charge in [0.1, 0.15) is 24.3 Å². The SMILES string of the molecule is CCCCC/C=C\C[C@H](Cl)[C@H](Cl)CCCCCCCC(=O)[C@@H](C(=O)O)[C@@H](O)C[N+](C)(C)C. The number of Topliss-reactive ketones (excluding diaryl/α,β-unsaturated/α-hetero) is 1. The van der Waals surface area contributed by atoms with Crippen LogP contribution in [0.15, 0.2) is 12.2 Å². The molecule has 32 heavy (non-hydrogen) atoms. The highest BCUT2D eigenvalue weighted by Gasteiger charge is 2.36. The summed E-state index contributed by atoms with van der Waals surface area (Å²) in [5, 5.41) is 19.5. The Morgan fingerprint density at radius 1 is 0.906 bits per heavy atom. The number of carbonyl (C=O) groups excluding carboxylic acids is 1. The van der Waals surface area contributed by atoms with Crippen LogP contribution in [-0.2, 0) is 9.59 Å². The number of nitrogens with zero attached hydrogens (tertiary/aromatic N) is 1. The Morgan fingerprint density at radius 3 is 2.12 bits per heavy atom. The predicted molar refractivity (Wildman–Crippen MR) is 135 cm³/mol. The number of carboxylic acid groups (broad SMARTS) is 1. The van der Waals surface area contributed by atoms with Gasteiger partial charge in [-0.15, -0.1) is 23.2 Å². The molecule has 0 aliphatic rings. The Hall–Kier alpha value is -0.620. The number of carboxylic acids is 1. The summed E-state index contributed by atoms with van der Waals surface area (Å²) in [6.07, 6.45) is 14.3. The van der Waals surface area contributed by atoms with Crippen molar-refractivity contribution in [3.63, 3.8) is 0 Å². The molecule has 188 valence electrons. The van der Waals surface area contributed by atoms with Crippen LogP contribution >= 0.6 is 23.2 Å². The van der Waals surface area contributed by atoms with Crippen molar-refractivity contribution in [3.8, 4) is 0 Å². The third-order valence-corrected chi connectivity index (χ3v) is 6.66. The number of aliphatic carboxylic acids is 1. The average molecular weight is 496 g/mol. The van der Waals surface area contributed by atoms with Gasteiger partial charge in [-0.05, 0) is 32.1 Å². The second kappa shape index (κ2) is 17.8. The van der Waals surface area contributed by atoms with Gasteiger partial charge in [-0.3, -0.25) is 9.59 Å². The van der Waals surface area contributed by atoms with Gasteiger partial charge >= 0.3 is 5.97 Å². The number of hydrogen-bond donors (Lipinski definition) is 2. The zero-order chi connectivity index (χ0) is 24.6. The average Bonchev–Trinajstić information content (AvgIpc) is 2.67. The van der Waals surface area contributed by atoms with Gasteiger partial charge in [-0.2, -0.15) is 0 Å². The molecular formula is C25H46Cl2NO4+. The summed E-state index contributed by atoms with van der Waals surface area (Å²) in [6, 6.07) is 0. The van der Waals surface area contributed by atoms with Crippen molar-refractivity contribution in [2.24, 2.45) is 5.92 Å². The van der Waals surface area contributed by atoms with Crippen LogP contribution in [0.3, 0.4) is 0 Å². The maximum atomic E-state index is 12.3. The Labute approximate surface area is 205 Å². The van der Waals surface area contributed by atoms with Crippen LogP contribution in [0.1, 0.15) is 84.0 Å². The maximum absolute atomic E-state index is 12.3. The van der Waals surface area contributed by atoms with Crippen molar-refractivity contribution in [2.45, 2.75) is 101 Å². The fourth-order valence-corrected chi connectivity index (χ4v) is 4.18. The maximum Gasteiger partial charge on any atom is 0.316 e. The molecule has 0 amide bonds. The fraction of sp³-hybridized carbons (Fsp3) is 0.840. The number of allylic oxidation sites excluding steroid dienone is 2. The fourth-order valence-electron chi connectivity index (χ4n) is 3.69. The zero-order valence-electron chi connectivity index (χ0n) is 20.6. The first-order valence-electron chi connectivity index (χ1n) is 12.2. The largest absolute Gasteiger partial charge is 0.481 e. The van der Waals surface area contributed by atoms with Gasteiger partial charge < -0.3 is 14.7 Å². The van der Waals surface area contributed by atoms with E-state index in [2.05, 4.69) is 19.1 Å². The first-order chi connectivity index (χ1) is 15.0. The molecule has 7 heteroatoms. The van der Waals surface area contributed by atoms with Gasteiger partial charge in [0.05, 0.1) is 31.9 Å². The normalized spacial score (nSPS) is 16.1. The lowest BCUT2D eigenvalue weighted by Crippen LogP contribution is -2.47. The summed E-state index contributed by atoms with van der Waals surface area (Å²) in [4.78, 5) is 23.8. The van der Waals surface area contributed by atoms with E-state index in [1.165, 1.54) is 19.3 Å². The second-order valence-corrected chi connectivity index (χ2v) is 11.0. The van der Waals surface area contributed by atoms with E-state index < -0.39 is 18.0 Å². The first kappa shape index (κ1) is 31.4. The van der Waals surface area contributed by atoms with E-state index in [4.69, 9.17) is 23.2 Å². The van der Waals surface area contributed by atoms with Crippen molar-refractivity contribution in [1.29, 1.82) is 0 Å². The topological polar surface area (TPSA) is 74.6 Å². The smallest absolute Gasteiger partial charge is 0.316 e. The molecule has 0 aliphatic carbocycles. The van der Waals surface area contributed by atoms with E-state index in [1.807, 2.05) is 21.1 Å². The van der Waals surface area contributed by atoms with E-state index in [9.17, 15) is 19.8 Å². The molecule has 0 fully saturated rings. The Morgan fingerprint density at radius 2 is 1.53 bits per heavy atom. The molecule has 0 saturated carbocycles. The molecule has 0 bridgehead atoms. The van der Waals surface area contributed by atoms with E-state index >= 15 is 0 Å². The van der Waals surface area contributed by atoms with Crippen molar-refractivity contribution >= 4 is 35.0 Å². The molecule has 0 radical (unpaired) electrons. The number of halogens is 2. The number of aliphatic hydroxyl groups excluding tert-OH is 1. The summed E-state index contributed by atoms with van der Waals surface area (Å²) in [5.41, 5.74) is 0. The Balaban J connectivity index is 4.01. The third-order valence-electron chi connectivity index (χ3n) is 5.53. The van der Waals surface area contributed by atoms with Crippen molar-refractivity contribution in [2.75, 3.05) is 27.7 Å². The molecule has 0 rings (SSSR count). The molecule has 5 nitrogen and oxygen atoms in total. The summed E-state index contributed by atoms with van der Waals surface area (Å²) in [6.45, 7) is 2.42. The van der Waals surface area contributed by atoms with Crippen LogP contribution in [0.2, 0.25) is 0 Å². The molecular weight excluding hydrogens is 449 g/mol. The number of alkyl halides is 2. The number of aliphatic hydroxyl groups is 1. The zero-order valence-corrected chi connectivity index (χ0v) is 22.1. The summed E-state index contributed by atoms with van der Waals surface area (Å²) in [7, 11) is 5.57. The quantitative estimate of drug-likeness (QED) is 0.0737. The predicted octanol–water partition coefficient (Wildman–Crippen LogP) is 5.80. The summed E-state index contributed by atoms with van der Waals surface area (Å²) < 4.78 is 0.401. The first-order valence-corrected chi connectivity index (χ1v) is 13.0. The van der Waals surface area contributed by atoms with E-state index in [0.29, 0.717) is 10.9 Å². The van der Waals surface area contributed by atoms with Gasteiger partial charge in [0.25, 0.3) is 0 Å². The molecule has 0 spiro atoms. The highest BCUT2D eigenvalue weighted by atomic mass is 35.5. The lowest BCUT2D eigenvalue weighted by Gasteiger charge is -2.28. The molecule has 4 atom stereocenters. The van der Waals surface area contributed by atoms with Crippen molar-refractivity contribution in [3.05, 3.63) is 12.2 Å².